The number of fused-ring (bicyclic) bond motifs is 1. The van der Waals surface area contributed by atoms with Gasteiger partial charge < -0.3 is 10.5 Å². The Morgan fingerprint density at radius 2 is 2.12 bits per heavy atom. The lowest BCUT2D eigenvalue weighted by molar-refractivity contribution is 0.415. The Balaban J connectivity index is 2.07. The molecule has 1 saturated carbocycles. The lowest BCUT2D eigenvalue weighted by Crippen LogP contribution is -2.32. The average molecular weight is 248 g/mol. The van der Waals surface area contributed by atoms with Gasteiger partial charge in [-0.25, -0.2) is 4.98 Å². The lowest BCUT2D eigenvalue weighted by Gasteiger charge is -2.19. The summed E-state index contributed by atoms with van der Waals surface area (Å²) < 4.78 is 6.39. The molecule has 90 valence electrons. The van der Waals surface area contributed by atoms with Gasteiger partial charge in [-0.3, -0.25) is 0 Å². The number of rotatable bonds is 2. The van der Waals surface area contributed by atoms with Gasteiger partial charge >= 0.3 is 0 Å². The summed E-state index contributed by atoms with van der Waals surface area (Å²) in [6.07, 6.45) is 4.55. The van der Waals surface area contributed by atoms with E-state index in [0.29, 0.717) is 0 Å². The van der Waals surface area contributed by atoms with E-state index in [0.717, 1.165) is 33.8 Å². The summed E-state index contributed by atoms with van der Waals surface area (Å²) in [7, 11) is 1.69. The first-order chi connectivity index (χ1) is 8.21. The summed E-state index contributed by atoms with van der Waals surface area (Å²) in [5.41, 5.74) is 7.28. The van der Waals surface area contributed by atoms with Crippen LogP contribution in [0.5, 0.6) is 5.75 Å². The summed E-state index contributed by atoms with van der Waals surface area (Å²) in [5, 5.41) is 1.08. The summed E-state index contributed by atoms with van der Waals surface area (Å²) in [4.78, 5) is 4.68. The molecule has 4 heteroatoms. The molecule has 3 nitrogen and oxygen atoms in total. The van der Waals surface area contributed by atoms with E-state index in [-0.39, 0.29) is 5.54 Å². The molecule has 0 radical (unpaired) electrons. The molecule has 1 aromatic heterocycles. The first-order valence-corrected chi connectivity index (χ1v) is 6.77. The molecular formula is C13H16N2OS. The van der Waals surface area contributed by atoms with Crippen LogP contribution in [0.4, 0.5) is 0 Å². The van der Waals surface area contributed by atoms with E-state index in [2.05, 4.69) is 4.98 Å². The van der Waals surface area contributed by atoms with Crippen molar-refractivity contribution in [2.24, 2.45) is 5.73 Å². The van der Waals surface area contributed by atoms with Crippen molar-refractivity contribution in [3.63, 3.8) is 0 Å². The molecule has 0 spiro atoms. The minimum Gasteiger partial charge on any atom is -0.497 e. The molecule has 3 rings (SSSR count). The molecule has 0 aliphatic heterocycles. The van der Waals surface area contributed by atoms with Gasteiger partial charge in [-0.1, -0.05) is 12.8 Å². The van der Waals surface area contributed by atoms with Crippen LogP contribution in [0, 0.1) is 0 Å². The maximum Gasteiger partial charge on any atom is 0.120 e. The molecule has 0 atom stereocenters. The largest absolute Gasteiger partial charge is 0.497 e. The molecule has 1 aliphatic rings. The standard InChI is InChI=1S/C13H16N2OS/c1-16-9-4-5-10-11(8-9)17-12(15-10)13(14)6-2-3-7-13/h4-5,8H,2-3,6-7,14H2,1H3. The van der Waals surface area contributed by atoms with Crippen LogP contribution in [-0.2, 0) is 5.54 Å². The van der Waals surface area contributed by atoms with E-state index in [1.807, 2.05) is 18.2 Å². The second-order valence-corrected chi connectivity index (χ2v) is 5.75. The van der Waals surface area contributed by atoms with Gasteiger partial charge in [0.1, 0.15) is 10.8 Å². The van der Waals surface area contributed by atoms with E-state index in [1.54, 1.807) is 18.4 Å². The Hall–Kier alpha value is -1.13. The van der Waals surface area contributed by atoms with Gasteiger partial charge in [0.15, 0.2) is 0 Å². The first-order valence-electron chi connectivity index (χ1n) is 5.95. The van der Waals surface area contributed by atoms with Gasteiger partial charge in [-0.2, -0.15) is 0 Å². The number of benzene rings is 1. The normalized spacial score (nSPS) is 18.7. The van der Waals surface area contributed by atoms with E-state index >= 15 is 0 Å². The number of aromatic nitrogens is 1. The van der Waals surface area contributed by atoms with Crippen molar-refractivity contribution >= 4 is 21.6 Å². The molecule has 2 aromatic rings. The van der Waals surface area contributed by atoms with Crippen molar-refractivity contribution in [3.8, 4) is 5.75 Å². The van der Waals surface area contributed by atoms with Crippen molar-refractivity contribution in [3.05, 3.63) is 23.2 Å². The topological polar surface area (TPSA) is 48.1 Å². The number of thiazole rings is 1. The molecule has 0 bridgehead atoms. The third kappa shape index (κ3) is 1.81. The van der Waals surface area contributed by atoms with Crippen LogP contribution in [0.2, 0.25) is 0 Å². The van der Waals surface area contributed by atoms with Gasteiger partial charge in [0.2, 0.25) is 0 Å². The van der Waals surface area contributed by atoms with Crippen LogP contribution < -0.4 is 10.5 Å². The van der Waals surface area contributed by atoms with E-state index in [9.17, 15) is 0 Å². The molecule has 17 heavy (non-hydrogen) atoms. The highest BCUT2D eigenvalue weighted by Crippen LogP contribution is 2.40. The Labute approximate surface area is 105 Å². The van der Waals surface area contributed by atoms with Crippen LogP contribution in [0.3, 0.4) is 0 Å². The van der Waals surface area contributed by atoms with Gasteiger partial charge in [0.25, 0.3) is 0 Å². The predicted octanol–water partition coefficient (Wildman–Crippen LogP) is 3.03. The minimum absolute atomic E-state index is 0.184. The highest BCUT2D eigenvalue weighted by molar-refractivity contribution is 7.18. The molecule has 1 heterocycles. The van der Waals surface area contributed by atoms with E-state index < -0.39 is 0 Å². The fourth-order valence-corrected chi connectivity index (χ4v) is 3.62. The second-order valence-electron chi connectivity index (χ2n) is 4.72. The third-order valence-electron chi connectivity index (χ3n) is 3.52. The van der Waals surface area contributed by atoms with Crippen LogP contribution in [0.1, 0.15) is 30.7 Å². The first kappa shape index (κ1) is 11.0. The zero-order chi connectivity index (χ0) is 11.9. The van der Waals surface area contributed by atoms with Crippen molar-refractivity contribution < 1.29 is 4.74 Å². The fraction of sp³-hybridized carbons (Fsp3) is 0.462. The highest BCUT2D eigenvalue weighted by atomic mass is 32.1. The van der Waals surface area contributed by atoms with Crippen molar-refractivity contribution in [2.75, 3.05) is 7.11 Å². The van der Waals surface area contributed by atoms with Gasteiger partial charge in [0.05, 0.1) is 22.9 Å². The number of nitrogens with two attached hydrogens (primary N) is 1. The summed E-state index contributed by atoms with van der Waals surface area (Å²) in [6, 6.07) is 5.99. The van der Waals surface area contributed by atoms with Crippen LogP contribution in [0.15, 0.2) is 18.2 Å². The third-order valence-corrected chi connectivity index (χ3v) is 4.76. The number of ether oxygens (including phenoxy) is 1. The van der Waals surface area contributed by atoms with Crippen molar-refractivity contribution in [1.82, 2.24) is 4.98 Å². The predicted molar refractivity (Wildman–Crippen MR) is 70.5 cm³/mol. The number of hydrogen-bond donors (Lipinski definition) is 1. The smallest absolute Gasteiger partial charge is 0.120 e. The number of hydrogen-bond acceptors (Lipinski definition) is 4. The Bertz CT molecular complexity index is 543. The molecular weight excluding hydrogens is 232 g/mol. The van der Waals surface area contributed by atoms with Crippen LogP contribution >= 0.6 is 11.3 Å². The molecule has 1 aliphatic carbocycles. The maximum atomic E-state index is 6.43. The van der Waals surface area contributed by atoms with Crippen LogP contribution in [0.25, 0.3) is 10.2 Å². The molecule has 1 fully saturated rings. The molecule has 0 unspecified atom stereocenters. The summed E-state index contributed by atoms with van der Waals surface area (Å²) >= 11 is 1.71. The average Bonchev–Trinajstić information content (AvgIpc) is 2.94. The highest BCUT2D eigenvalue weighted by Gasteiger charge is 2.34. The lowest BCUT2D eigenvalue weighted by atomic mass is 10.0. The quantitative estimate of drug-likeness (QED) is 0.888. The van der Waals surface area contributed by atoms with Crippen molar-refractivity contribution in [2.45, 2.75) is 31.2 Å². The Morgan fingerprint density at radius 1 is 1.35 bits per heavy atom. The molecule has 1 aromatic carbocycles. The zero-order valence-corrected chi connectivity index (χ0v) is 10.7. The summed E-state index contributed by atoms with van der Waals surface area (Å²) in [5.74, 6) is 0.880. The molecule has 2 N–H and O–H groups in total. The van der Waals surface area contributed by atoms with Gasteiger partial charge in [-0.15, -0.1) is 11.3 Å². The zero-order valence-electron chi connectivity index (χ0n) is 9.90. The second kappa shape index (κ2) is 3.96. The number of nitrogens with zero attached hydrogens (tertiary/aromatic N) is 1. The summed E-state index contributed by atoms with van der Waals surface area (Å²) in [6.45, 7) is 0. The Morgan fingerprint density at radius 3 is 2.82 bits per heavy atom. The van der Waals surface area contributed by atoms with Crippen LogP contribution in [-0.4, -0.2) is 12.1 Å². The van der Waals surface area contributed by atoms with Crippen molar-refractivity contribution in [1.29, 1.82) is 0 Å². The monoisotopic (exact) mass is 248 g/mol. The van der Waals surface area contributed by atoms with Gasteiger partial charge in [0, 0.05) is 0 Å². The maximum absolute atomic E-state index is 6.43. The number of methoxy groups -OCH3 is 1. The minimum atomic E-state index is -0.184. The van der Waals surface area contributed by atoms with E-state index in [4.69, 9.17) is 10.5 Å². The fourth-order valence-electron chi connectivity index (χ4n) is 2.46. The Kier molecular flexibility index (Phi) is 2.56. The van der Waals surface area contributed by atoms with Gasteiger partial charge in [-0.05, 0) is 31.0 Å². The SMILES string of the molecule is COc1ccc2nc(C3(N)CCCC3)sc2c1. The molecule has 0 saturated heterocycles. The molecule has 0 amide bonds. The van der Waals surface area contributed by atoms with E-state index in [1.165, 1.54) is 12.8 Å².